The van der Waals surface area contributed by atoms with Crippen LogP contribution in [0.5, 0.6) is 0 Å². The van der Waals surface area contributed by atoms with Crippen LogP contribution in [-0.4, -0.2) is 76.6 Å². The molecule has 0 radical (unpaired) electrons. The van der Waals surface area contributed by atoms with Gasteiger partial charge in [-0.3, -0.25) is 9.69 Å². The first-order chi connectivity index (χ1) is 19.9. The van der Waals surface area contributed by atoms with Crippen molar-refractivity contribution in [2.24, 2.45) is 5.92 Å². The topological polar surface area (TPSA) is 66.7 Å². The minimum absolute atomic E-state index is 0.0420. The molecule has 1 aromatic heterocycles. The molecule has 2 aromatic carbocycles. The molecule has 4 heterocycles. The van der Waals surface area contributed by atoms with Gasteiger partial charge in [0.15, 0.2) is 0 Å². The summed E-state index contributed by atoms with van der Waals surface area (Å²) in [5, 5.41) is 8.16. The van der Waals surface area contributed by atoms with Gasteiger partial charge in [0, 0.05) is 43.5 Å². The van der Waals surface area contributed by atoms with E-state index in [-0.39, 0.29) is 29.1 Å². The van der Waals surface area contributed by atoms with Crippen molar-refractivity contribution >= 4 is 11.6 Å². The van der Waals surface area contributed by atoms with Crippen LogP contribution in [-0.2, 0) is 36.0 Å². The lowest BCUT2D eigenvalue weighted by atomic mass is 9.78. The number of hydrogen-bond donors (Lipinski definition) is 0. The summed E-state index contributed by atoms with van der Waals surface area (Å²) >= 11 is 0. The molecule has 11 heteroatoms. The minimum atomic E-state index is -4.57. The Morgan fingerprint density at radius 1 is 1.14 bits per heavy atom. The Hall–Kier alpha value is -3.28. The summed E-state index contributed by atoms with van der Waals surface area (Å²) in [6.45, 7) is 10.5. The van der Waals surface area contributed by atoms with E-state index in [1.807, 2.05) is 29.8 Å². The molecular formula is C31H37F3N6O2. The third kappa shape index (κ3) is 5.22. The molecule has 3 aliphatic rings. The maximum absolute atomic E-state index is 14.4. The SMILES string of the molecule is Cc1cnnn1CC1(c2cccc(N3Cc4c(cc(CN5CCN(C)CC5C(C)C)cc4C(F)(F)F)C3=O)c2)COC1. The van der Waals surface area contributed by atoms with Crippen LogP contribution < -0.4 is 4.90 Å². The van der Waals surface area contributed by atoms with Crippen LogP contribution in [0.2, 0.25) is 0 Å². The Morgan fingerprint density at radius 2 is 1.93 bits per heavy atom. The first kappa shape index (κ1) is 28.8. The molecule has 2 saturated heterocycles. The number of aromatic nitrogens is 3. The summed E-state index contributed by atoms with van der Waals surface area (Å²) in [6, 6.07) is 10.7. The fraction of sp³-hybridized carbons (Fsp3) is 0.516. The molecule has 3 aromatic rings. The molecule has 1 amide bonds. The van der Waals surface area contributed by atoms with Crippen LogP contribution in [0, 0.1) is 12.8 Å². The standard InChI is InChI=1S/C31H37F3N6O2/c1-20(2)28-16-37(4)8-9-38(28)14-22-10-25-26(27(11-22)31(32,33)34)15-39(29(25)41)24-7-5-6-23(12-24)30(18-42-19-30)17-40-21(3)13-35-36-40/h5-7,10-13,20,28H,8-9,14-19H2,1-4H3. The molecule has 224 valence electrons. The van der Waals surface area contributed by atoms with Crippen molar-refractivity contribution in [3.63, 3.8) is 0 Å². The van der Waals surface area contributed by atoms with Gasteiger partial charge in [-0.05, 0) is 60.8 Å². The van der Waals surface area contributed by atoms with E-state index in [0.717, 1.165) is 30.9 Å². The van der Waals surface area contributed by atoms with Crippen molar-refractivity contribution in [3.05, 3.63) is 76.1 Å². The van der Waals surface area contributed by atoms with E-state index in [4.69, 9.17) is 4.74 Å². The minimum Gasteiger partial charge on any atom is -0.379 e. The lowest BCUT2D eigenvalue weighted by molar-refractivity contribution is -0.138. The fourth-order valence-electron chi connectivity index (χ4n) is 6.53. The van der Waals surface area contributed by atoms with E-state index < -0.39 is 17.6 Å². The number of benzene rings is 2. The predicted octanol–water partition coefficient (Wildman–Crippen LogP) is 4.51. The average Bonchev–Trinajstić information content (AvgIpc) is 3.48. The van der Waals surface area contributed by atoms with E-state index in [2.05, 4.69) is 41.0 Å². The van der Waals surface area contributed by atoms with Crippen molar-refractivity contribution in [3.8, 4) is 0 Å². The number of carbonyl (C=O) groups is 1. The van der Waals surface area contributed by atoms with Crippen LogP contribution in [0.3, 0.4) is 0 Å². The van der Waals surface area contributed by atoms with E-state index in [1.54, 1.807) is 18.3 Å². The molecule has 1 unspecified atom stereocenters. The molecule has 0 spiro atoms. The molecule has 3 aliphatic heterocycles. The molecule has 0 aliphatic carbocycles. The van der Waals surface area contributed by atoms with Crippen LogP contribution in [0.1, 0.15) is 52.2 Å². The number of fused-ring (bicyclic) bond motifs is 1. The van der Waals surface area contributed by atoms with Gasteiger partial charge in [-0.15, -0.1) is 5.10 Å². The Bertz CT molecular complexity index is 1480. The monoisotopic (exact) mass is 582 g/mol. The second-order valence-corrected chi connectivity index (χ2v) is 12.5. The number of halogens is 3. The van der Waals surface area contributed by atoms with Crippen molar-refractivity contribution in [2.75, 3.05) is 44.8 Å². The highest BCUT2D eigenvalue weighted by atomic mass is 19.4. The number of carbonyl (C=O) groups excluding carboxylic acids is 1. The highest BCUT2D eigenvalue weighted by Gasteiger charge is 2.43. The number of nitrogens with zero attached hydrogens (tertiary/aromatic N) is 6. The van der Waals surface area contributed by atoms with Gasteiger partial charge in [0.05, 0.1) is 49.2 Å². The zero-order valence-electron chi connectivity index (χ0n) is 24.5. The van der Waals surface area contributed by atoms with Crippen molar-refractivity contribution in [2.45, 2.75) is 58.0 Å². The number of hydrogen-bond acceptors (Lipinski definition) is 6. The average molecular weight is 583 g/mol. The molecule has 2 fully saturated rings. The van der Waals surface area contributed by atoms with Crippen LogP contribution in [0.4, 0.5) is 18.9 Å². The molecule has 6 rings (SSSR count). The highest BCUT2D eigenvalue weighted by molar-refractivity contribution is 6.10. The largest absolute Gasteiger partial charge is 0.416 e. The first-order valence-corrected chi connectivity index (χ1v) is 14.5. The Kier molecular flexibility index (Phi) is 7.39. The smallest absolute Gasteiger partial charge is 0.379 e. The maximum Gasteiger partial charge on any atom is 0.416 e. The van der Waals surface area contributed by atoms with Crippen molar-refractivity contribution < 1.29 is 22.7 Å². The molecular weight excluding hydrogens is 545 g/mol. The van der Waals surface area contributed by atoms with Crippen molar-refractivity contribution in [1.29, 1.82) is 0 Å². The Labute approximate surface area is 244 Å². The van der Waals surface area contributed by atoms with Crippen LogP contribution in [0.15, 0.2) is 42.6 Å². The maximum atomic E-state index is 14.4. The second kappa shape index (κ2) is 10.8. The lowest BCUT2D eigenvalue weighted by Gasteiger charge is -2.42. The van der Waals surface area contributed by atoms with Crippen LogP contribution in [0.25, 0.3) is 0 Å². The Morgan fingerprint density at radius 3 is 2.57 bits per heavy atom. The summed E-state index contributed by atoms with van der Waals surface area (Å²) in [5.41, 5.74) is 2.08. The number of rotatable bonds is 7. The molecule has 1 atom stereocenters. The van der Waals surface area contributed by atoms with Gasteiger partial charge in [-0.1, -0.05) is 31.2 Å². The third-order valence-electron chi connectivity index (χ3n) is 9.09. The third-order valence-corrected chi connectivity index (χ3v) is 9.09. The number of amides is 1. The number of alkyl halides is 3. The van der Waals surface area contributed by atoms with E-state index in [9.17, 15) is 18.0 Å². The summed E-state index contributed by atoms with van der Waals surface area (Å²) < 4.78 is 50.7. The lowest BCUT2D eigenvalue weighted by Crippen LogP contribution is -2.53. The Balaban J connectivity index is 1.31. The van der Waals surface area contributed by atoms with Gasteiger partial charge in [-0.2, -0.15) is 13.2 Å². The zero-order valence-corrected chi connectivity index (χ0v) is 24.5. The zero-order chi connectivity index (χ0) is 29.8. The normalized spacial score (nSPS) is 21.2. The van der Waals surface area contributed by atoms with Gasteiger partial charge in [-0.25, -0.2) is 4.68 Å². The number of ether oxygens (including phenoxy) is 1. The molecule has 42 heavy (non-hydrogen) atoms. The molecule has 8 nitrogen and oxygen atoms in total. The quantitative estimate of drug-likeness (QED) is 0.409. The highest BCUT2D eigenvalue weighted by Crippen LogP contribution is 2.41. The van der Waals surface area contributed by atoms with E-state index in [1.165, 1.54) is 11.0 Å². The summed E-state index contributed by atoms with van der Waals surface area (Å²) in [5.74, 6) is -0.0502. The van der Waals surface area contributed by atoms with Gasteiger partial charge in [0.1, 0.15) is 0 Å². The molecule has 0 bridgehead atoms. The van der Waals surface area contributed by atoms with E-state index >= 15 is 0 Å². The first-order valence-electron chi connectivity index (χ1n) is 14.5. The van der Waals surface area contributed by atoms with Gasteiger partial charge < -0.3 is 14.5 Å². The van der Waals surface area contributed by atoms with Crippen LogP contribution >= 0.6 is 0 Å². The van der Waals surface area contributed by atoms with Gasteiger partial charge >= 0.3 is 6.18 Å². The number of aryl methyl sites for hydroxylation is 1. The van der Waals surface area contributed by atoms with Crippen molar-refractivity contribution in [1.82, 2.24) is 24.8 Å². The predicted molar refractivity (Wildman–Crippen MR) is 152 cm³/mol. The second-order valence-electron chi connectivity index (χ2n) is 12.5. The molecule has 0 saturated carbocycles. The molecule has 0 N–H and O–H groups in total. The van der Waals surface area contributed by atoms with E-state index in [0.29, 0.717) is 43.5 Å². The number of likely N-dealkylation sites (N-methyl/N-ethyl adjacent to an activating group) is 1. The fourth-order valence-corrected chi connectivity index (χ4v) is 6.53. The van der Waals surface area contributed by atoms with Gasteiger partial charge in [0.2, 0.25) is 0 Å². The number of piperazine rings is 1. The van der Waals surface area contributed by atoms with Gasteiger partial charge in [0.25, 0.3) is 5.91 Å². The summed E-state index contributed by atoms with van der Waals surface area (Å²) in [4.78, 5) is 19.8. The summed E-state index contributed by atoms with van der Waals surface area (Å²) in [7, 11) is 2.07. The summed E-state index contributed by atoms with van der Waals surface area (Å²) in [6.07, 6.45) is -2.87. The number of anilines is 1.